The van der Waals surface area contributed by atoms with Crippen LogP contribution in [0.15, 0.2) is 12.1 Å². The molecule has 0 unspecified atom stereocenters. The van der Waals surface area contributed by atoms with Gasteiger partial charge in [0.1, 0.15) is 0 Å². The SMILES string of the molecule is CCCCCCCCOc1c(F)cc(CN)cc1F. The highest BCUT2D eigenvalue weighted by molar-refractivity contribution is 5.31. The Bertz CT molecular complexity index is 359. The van der Waals surface area contributed by atoms with Gasteiger partial charge in [0.2, 0.25) is 0 Å². The fourth-order valence-electron chi connectivity index (χ4n) is 1.92. The smallest absolute Gasteiger partial charge is 0.190 e. The van der Waals surface area contributed by atoms with Gasteiger partial charge in [0.25, 0.3) is 0 Å². The van der Waals surface area contributed by atoms with Crippen LogP contribution >= 0.6 is 0 Å². The second kappa shape index (κ2) is 8.86. The van der Waals surface area contributed by atoms with Crippen molar-refractivity contribution < 1.29 is 13.5 Å². The Morgan fingerprint density at radius 1 is 1.00 bits per heavy atom. The topological polar surface area (TPSA) is 35.2 Å². The summed E-state index contributed by atoms with van der Waals surface area (Å²) < 4.78 is 32.3. The minimum Gasteiger partial charge on any atom is -0.488 e. The number of halogens is 2. The van der Waals surface area contributed by atoms with Crippen molar-refractivity contribution in [3.8, 4) is 5.75 Å². The molecule has 0 saturated carbocycles. The van der Waals surface area contributed by atoms with Gasteiger partial charge >= 0.3 is 0 Å². The highest BCUT2D eigenvalue weighted by atomic mass is 19.1. The van der Waals surface area contributed by atoms with Crippen LogP contribution in [0.5, 0.6) is 5.75 Å². The molecule has 0 atom stereocenters. The number of rotatable bonds is 9. The van der Waals surface area contributed by atoms with E-state index >= 15 is 0 Å². The first-order valence-electron chi connectivity index (χ1n) is 6.99. The molecule has 1 rings (SSSR count). The van der Waals surface area contributed by atoms with Crippen LogP contribution in [-0.2, 0) is 6.54 Å². The van der Waals surface area contributed by atoms with E-state index < -0.39 is 11.6 Å². The lowest BCUT2D eigenvalue weighted by Crippen LogP contribution is -2.04. The molecule has 0 radical (unpaired) electrons. The number of benzene rings is 1. The van der Waals surface area contributed by atoms with Crippen molar-refractivity contribution in [2.75, 3.05) is 6.61 Å². The van der Waals surface area contributed by atoms with Crippen LogP contribution in [0.2, 0.25) is 0 Å². The third kappa shape index (κ3) is 5.55. The molecule has 0 spiro atoms. The zero-order valence-corrected chi connectivity index (χ0v) is 11.6. The van der Waals surface area contributed by atoms with E-state index in [0.717, 1.165) is 19.3 Å². The molecule has 2 nitrogen and oxygen atoms in total. The van der Waals surface area contributed by atoms with Crippen molar-refractivity contribution in [1.82, 2.24) is 0 Å². The minimum absolute atomic E-state index is 0.117. The monoisotopic (exact) mass is 271 g/mol. The van der Waals surface area contributed by atoms with E-state index in [4.69, 9.17) is 10.5 Å². The average molecular weight is 271 g/mol. The maximum Gasteiger partial charge on any atom is 0.190 e. The lowest BCUT2D eigenvalue weighted by Gasteiger charge is -2.09. The molecule has 4 heteroatoms. The predicted molar refractivity (Wildman–Crippen MR) is 73.1 cm³/mol. The Hall–Kier alpha value is -1.16. The molecule has 0 aliphatic heterocycles. The molecule has 0 aliphatic carbocycles. The van der Waals surface area contributed by atoms with Gasteiger partial charge in [-0.15, -0.1) is 0 Å². The second-order valence-corrected chi connectivity index (χ2v) is 4.71. The molecule has 0 aromatic heterocycles. The first kappa shape index (κ1) is 15.9. The number of hydrogen-bond acceptors (Lipinski definition) is 2. The lowest BCUT2D eigenvalue weighted by molar-refractivity contribution is 0.275. The highest BCUT2D eigenvalue weighted by Gasteiger charge is 2.11. The fourth-order valence-corrected chi connectivity index (χ4v) is 1.92. The van der Waals surface area contributed by atoms with Crippen molar-refractivity contribution in [1.29, 1.82) is 0 Å². The molecule has 1 aromatic rings. The van der Waals surface area contributed by atoms with Gasteiger partial charge in [-0.05, 0) is 24.1 Å². The molecule has 0 fully saturated rings. The molecule has 2 N–H and O–H groups in total. The van der Waals surface area contributed by atoms with Crippen LogP contribution in [0.3, 0.4) is 0 Å². The summed E-state index contributed by atoms with van der Waals surface area (Å²) in [6.07, 6.45) is 6.66. The highest BCUT2D eigenvalue weighted by Crippen LogP contribution is 2.23. The Labute approximate surface area is 114 Å². The number of hydrogen-bond donors (Lipinski definition) is 1. The predicted octanol–water partition coefficient (Wildman–Crippen LogP) is 4.16. The molecule has 0 amide bonds. The van der Waals surface area contributed by atoms with Crippen LogP contribution < -0.4 is 10.5 Å². The van der Waals surface area contributed by atoms with Crippen molar-refractivity contribution in [3.63, 3.8) is 0 Å². The quantitative estimate of drug-likeness (QED) is 0.684. The Kier molecular flexibility index (Phi) is 7.41. The standard InChI is InChI=1S/C15H23F2NO/c1-2-3-4-5-6-7-8-19-15-13(16)9-12(11-18)10-14(15)17/h9-10H,2-8,11,18H2,1H3. The van der Waals surface area contributed by atoms with Crippen molar-refractivity contribution in [2.24, 2.45) is 5.73 Å². The second-order valence-electron chi connectivity index (χ2n) is 4.71. The summed E-state index contributed by atoms with van der Waals surface area (Å²) >= 11 is 0. The lowest BCUT2D eigenvalue weighted by atomic mass is 10.1. The van der Waals surface area contributed by atoms with Gasteiger partial charge in [0, 0.05) is 6.54 Å². The molecule has 0 bridgehead atoms. The maximum absolute atomic E-state index is 13.6. The largest absolute Gasteiger partial charge is 0.488 e. The molecular weight excluding hydrogens is 248 g/mol. The Morgan fingerprint density at radius 3 is 2.16 bits per heavy atom. The Balaban J connectivity index is 2.33. The summed E-state index contributed by atoms with van der Waals surface area (Å²) in [4.78, 5) is 0. The van der Waals surface area contributed by atoms with Gasteiger partial charge in [0.15, 0.2) is 17.4 Å². The third-order valence-corrected chi connectivity index (χ3v) is 3.04. The first-order chi connectivity index (χ1) is 9.19. The summed E-state index contributed by atoms with van der Waals surface area (Å²) in [5, 5.41) is 0. The summed E-state index contributed by atoms with van der Waals surface area (Å²) in [6, 6.07) is 2.44. The molecule has 0 heterocycles. The fraction of sp³-hybridized carbons (Fsp3) is 0.600. The zero-order valence-electron chi connectivity index (χ0n) is 11.6. The summed E-state index contributed by atoms with van der Waals surface area (Å²) in [5.74, 6) is -1.64. The summed E-state index contributed by atoms with van der Waals surface area (Å²) in [5.41, 5.74) is 5.78. The van der Waals surface area contributed by atoms with Crippen LogP contribution in [0.4, 0.5) is 8.78 Å². The normalized spacial score (nSPS) is 10.7. The molecule has 1 aromatic carbocycles. The van der Waals surface area contributed by atoms with E-state index in [1.807, 2.05) is 0 Å². The van der Waals surface area contributed by atoms with Gasteiger partial charge in [0.05, 0.1) is 6.61 Å². The van der Waals surface area contributed by atoms with Gasteiger partial charge in [-0.2, -0.15) is 0 Å². The molecular formula is C15H23F2NO. The minimum atomic E-state index is -0.675. The Morgan fingerprint density at radius 2 is 1.58 bits per heavy atom. The van der Waals surface area contributed by atoms with Crippen molar-refractivity contribution in [3.05, 3.63) is 29.3 Å². The van der Waals surface area contributed by atoms with Crippen LogP contribution in [0.25, 0.3) is 0 Å². The third-order valence-electron chi connectivity index (χ3n) is 3.04. The van der Waals surface area contributed by atoms with Crippen LogP contribution in [-0.4, -0.2) is 6.61 Å². The van der Waals surface area contributed by atoms with E-state index in [0.29, 0.717) is 12.2 Å². The van der Waals surface area contributed by atoms with Gasteiger partial charge < -0.3 is 10.5 Å². The zero-order chi connectivity index (χ0) is 14.1. The van der Waals surface area contributed by atoms with Crippen molar-refractivity contribution in [2.45, 2.75) is 52.0 Å². The average Bonchev–Trinajstić information content (AvgIpc) is 2.40. The van der Waals surface area contributed by atoms with Crippen molar-refractivity contribution >= 4 is 0 Å². The van der Waals surface area contributed by atoms with Gasteiger partial charge in [-0.25, -0.2) is 8.78 Å². The molecule has 19 heavy (non-hydrogen) atoms. The van der Waals surface area contributed by atoms with Crippen LogP contribution in [0, 0.1) is 11.6 Å². The van der Waals surface area contributed by atoms with E-state index in [-0.39, 0.29) is 12.3 Å². The number of ether oxygens (including phenoxy) is 1. The van der Waals surface area contributed by atoms with E-state index in [1.165, 1.54) is 31.4 Å². The maximum atomic E-state index is 13.6. The van der Waals surface area contributed by atoms with Gasteiger partial charge in [-0.3, -0.25) is 0 Å². The summed E-state index contributed by atoms with van der Waals surface area (Å²) in [6.45, 7) is 2.63. The number of unbranched alkanes of at least 4 members (excludes halogenated alkanes) is 5. The molecule has 0 saturated heterocycles. The molecule has 108 valence electrons. The van der Waals surface area contributed by atoms with E-state index in [2.05, 4.69) is 6.92 Å². The summed E-state index contributed by atoms with van der Waals surface area (Å²) in [7, 11) is 0. The van der Waals surface area contributed by atoms with Crippen LogP contribution in [0.1, 0.15) is 51.0 Å². The number of nitrogens with two attached hydrogens (primary N) is 1. The molecule has 0 aliphatic rings. The first-order valence-corrected chi connectivity index (χ1v) is 6.99. The van der Waals surface area contributed by atoms with E-state index in [1.54, 1.807) is 0 Å². The van der Waals surface area contributed by atoms with E-state index in [9.17, 15) is 8.78 Å². The van der Waals surface area contributed by atoms with Gasteiger partial charge in [-0.1, -0.05) is 39.0 Å².